The number of carbonyl (C=O) groups excluding carboxylic acids is 2. The lowest BCUT2D eigenvalue weighted by Crippen LogP contribution is -2.32. The molecular weight excluding hydrogens is 438 g/mol. The van der Waals surface area contributed by atoms with Crippen molar-refractivity contribution in [2.75, 3.05) is 27.2 Å². The third-order valence-electron chi connectivity index (χ3n) is 5.18. The minimum atomic E-state index is -0.976. The average Bonchev–Trinajstić information content (AvgIpc) is 2.99. The van der Waals surface area contributed by atoms with Gasteiger partial charge in [0, 0.05) is 23.7 Å². The highest BCUT2D eigenvalue weighted by molar-refractivity contribution is 6.46. The first kappa shape index (κ1) is 23.2. The van der Waals surface area contributed by atoms with Crippen LogP contribution in [-0.2, 0) is 9.59 Å². The molecule has 0 bridgehead atoms. The van der Waals surface area contributed by atoms with Crippen molar-refractivity contribution in [3.05, 3.63) is 74.3 Å². The Labute approximate surface area is 189 Å². The van der Waals surface area contributed by atoms with Crippen LogP contribution in [0.5, 0.6) is 5.75 Å². The van der Waals surface area contributed by atoms with Crippen LogP contribution in [-0.4, -0.2) is 63.8 Å². The number of nitrogens with zero attached hydrogens (tertiary/aromatic N) is 3. The maximum Gasteiger partial charge on any atom is 0.295 e. The number of non-ortho nitro benzene ring substituents is 1. The van der Waals surface area contributed by atoms with Gasteiger partial charge in [-0.3, -0.25) is 19.7 Å². The number of carbonyl (C=O) groups is 2. The molecule has 0 aromatic heterocycles. The molecule has 1 amide bonds. The van der Waals surface area contributed by atoms with Gasteiger partial charge in [0.1, 0.15) is 11.5 Å². The number of benzene rings is 2. The molecule has 2 aromatic rings. The molecular formula is C22H22ClN3O6. The summed E-state index contributed by atoms with van der Waals surface area (Å²) < 4.78 is 0. The van der Waals surface area contributed by atoms with Gasteiger partial charge in [0.05, 0.1) is 22.1 Å². The summed E-state index contributed by atoms with van der Waals surface area (Å²) in [7, 11) is 3.76. The van der Waals surface area contributed by atoms with E-state index in [4.69, 9.17) is 11.6 Å². The topological polar surface area (TPSA) is 124 Å². The van der Waals surface area contributed by atoms with Crippen LogP contribution >= 0.6 is 11.6 Å². The summed E-state index contributed by atoms with van der Waals surface area (Å²) >= 11 is 5.98. The first-order valence-corrected chi connectivity index (χ1v) is 10.2. The average molecular weight is 460 g/mol. The number of phenols is 1. The highest BCUT2D eigenvalue weighted by Gasteiger charge is 2.46. The van der Waals surface area contributed by atoms with Gasteiger partial charge in [-0.2, -0.15) is 0 Å². The van der Waals surface area contributed by atoms with E-state index < -0.39 is 28.4 Å². The Morgan fingerprint density at radius 1 is 1.19 bits per heavy atom. The van der Waals surface area contributed by atoms with Crippen molar-refractivity contribution in [1.29, 1.82) is 0 Å². The molecule has 2 N–H and O–H groups in total. The number of aromatic hydroxyl groups is 1. The maximum absolute atomic E-state index is 12.9. The number of Topliss-reactive ketones (excluding diaryl/α,β-unsaturated/α-hetero) is 1. The summed E-state index contributed by atoms with van der Waals surface area (Å²) in [6.07, 6.45) is 0.561. The van der Waals surface area contributed by atoms with Crippen LogP contribution in [0.15, 0.2) is 48.0 Å². The Balaban J connectivity index is 2.14. The molecule has 2 aromatic carbocycles. The number of aliphatic hydroxyl groups is 1. The van der Waals surface area contributed by atoms with Crippen LogP contribution in [0, 0.1) is 10.1 Å². The van der Waals surface area contributed by atoms with Crippen molar-refractivity contribution in [3.63, 3.8) is 0 Å². The Morgan fingerprint density at radius 2 is 1.84 bits per heavy atom. The zero-order valence-electron chi connectivity index (χ0n) is 17.5. The normalized spacial score (nSPS) is 17.9. The van der Waals surface area contributed by atoms with Gasteiger partial charge in [-0.05, 0) is 63.0 Å². The van der Waals surface area contributed by atoms with Crippen LogP contribution in [0.2, 0.25) is 5.02 Å². The molecule has 1 saturated heterocycles. The van der Waals surface area contributed by atoms with Crippen molar-refractivity contribution in [2.45, 2.75) is 12.5 Å². The fraction of sp³-hybridized carbons (Fsp3) is 0.273. The van der Waals surface area contributed by atoms with E-state index in [2.05, 4.69) is 0 Å². The molecule has 0 aliphatic carbocycles. The van der Waals surface area contributed by atoms with Gasteiger partial charge in [0.25, 0.3) is 17.4 Å². The van der Waals surface area contributed by atoms with Crippen molar-refractivity contribution >= 4 is 34.7 Å². The number of hydrogen-bond donors (Lipinski definition) is 2. The van der Waals surface area contributed by atoms with Crippen LogP contribution < -0.4 is 0 Å². The summed E-state index contributed by atoms with van der Waals surface area (Å²) in [6, 6.07) is 8.43. The van der Waals surface area contributed by atoms with E-state index in [0.717, 1.165) is 0 Å². The molecule has 10 heteroatoms. The molecule has 9 nitrogen and oxygen atoms in total. The number of rotatable bonds is 7. The first-order valence-electron chi connectivity index (χ1n) is 9.78. The lowest BCUT2D eigenvalue weighted by Gasteiger charge is -2.26. The maximum atomic E-state index is 12.9. The van der Waals surface area contributed by atoms with Gasteiger partial charge >= 0.3 is 0 Å². The fourth-order valence-electron chi connectivity index (χ4n) is 3.64. The van der Waals surface area contributed by atoms with Gasteiger partial charge in [-0.1, -0.05) is 11.6 Å². The summed E-state index contributed by atoms with van der Waals surface area (Å²) in [6.45, 7) is 0.883. The molecule has 1 heterocycles. The van der Waals surface area contributed by atoms with Gasteiger partial charge in [-0.25, -0.2) is 0 Å². The molecule has 1 aliphatic rings. The van der Waals surface area contributed by atoms with Crippen molar-refractivity contribution in [1.82, 2.24) is 9.80 Å². The van der Waals surface area contributed by atoms with Gasteiger partial charge < -0.3 is 20.0 Å². The lowest BCUT2D eigenvalue weighted by molar-refractivity contribution is -0.384. The zero-order valence-corrected chi connectivity index (χ0v) is 18.2. The number of amides is 1. The third-order valence-corrected chi connectivity index (χ3v) is 5.41. The molecule has 0 radical (unpaired) electrons. The minimum absolute atomic E-state index is 0.0873. The number of halogens is 1. The van der Waals surface area contributed by atoms with E-state index in [9.17, 15) is 29.9 Å². The number of ketones is 1. The molecule has 1 unspecified atom stereocenters. The Morgan fingerprint density at radius 3 is 2.44 bits per heavy atom. The fourth-order valence-corrected chi connectivity index (χ4v) is 3.81. The van der Waals surface area contributed by atoms with Gasteiger partial charge in [-0.15, -0.1) is 0 Å². The second-order valence-electron chi connectivity index (χ2n) is 7.66. The molecule has 3 rings (SSSR count). The van der Waals surface area contributed by atoms with E-state index in [0.29, 0.717) is 18.5 Å². The number of phenolic OH excluding ortho intramolecular Hbond substituents is 1. The molecule has 1 atom stereocenters. The predicted octanol–water partition coefficient (Wildman–Crippen LogP) is 3.33. The standard InChI is InChI=1S/C22H22ClN3O6/c1-24(2)10-3-11-25-19(13-4-7-15(8-5-13)26(31)32)18(21(29)22(25)30)20(28)16-12-14(23)6-9-17(16)27/h4-9,12,19,27-28H,3,10-11H2,1-2H3/b20-18+. The summed E-state index contributed by atoms with van der Waals surface area (Å²) in [4.78, 5) is 39.5. The van der Waals surface area contributed by atoms with Crippen LogP contribution in [0.25, 0.3) is 5.76 Å². The zero-order chi connectivity index (χ0) is 23.6. The molecule has 32 heavy (non-hydrogen) atoms. The van der Waals surface area contributed by atoms with Crippen molar-refractivity contribution < 1.29 is 24.7 Å². The van der Waals surface area contributed by atoms with Crippen LogP contribution in [0.3, 0.4) is 0 Å². The number of aliphatic hydroxyl groups excluding tert-OH is 1. The SMILES string of the molecule is CN(C)CCCN1C(=O)C(=O)/C(=C(/O)c2cc(Cl)ccc2O)C1c1ccc([N+](=O)[O-])cc1. The summed E-state index contributed by atoms with van der Waals surface area (Å²) in [5, 5.41) is 32.4. The van der Waals surface area contributed by atoms with Crippen LogP contribution in [0.1, 0.15) is 23.6 Å². The lowest BCUT2D eigenvalue weighted by atomic mass is 9.95. The monoisotopic (exact) mass is 459 g/mol. The van der Waals surface area contributed by atoms with Gasteiger partial charge in [0.2, 0.25) is 0 Å². The highest BCUT2D eigenvalue weighted by Crippen LogP contribution is 2.41. The van der Waals surface area contributed by atoms with Crippen LogP contribution in [0.4, 0.5) is 5.69 Å². The van der Waals surface area contributed by atoms with E-state index in [-0.39, 0.29) is 34.1 Å². The molecule has 0 spiro atoms. The first-order chi connectivity index (χ1) is 15.1. The largest absolute Gasteiger partial charge is 0.507 e. The summed E-state index contributed by atoms with van der Waals surface area (Å²) in [5.74, 6) is -2.58. The predicted molar refractivity (Wildman–Crippen MR) is 118 cm³/mol. The van der Waals surface area contributed by atoms with E-state index >= 15 is 0 Å². The molecule has 1 aliphatic heterocycles. The van der Waals surface area contributed by atoms with E-state index in [1.165, 1.54) is 47.4 Å². The minimum Gasteiger partial charge on any atom is -0.507 e. The van der Waals surface area contributed by atoms with E-state index in [1.807, 2.05) is 19.0 Å². The number of nitro groups is 1. The second kappa shape index (κ2) is 9.37. The second-order valence-corrected chi connectivity index (χ2v) is 8.10. The number of nitro benzene ring substituents is 1. The quantitative estimate of drug-likeness (QED) is 0.214. The number of hydrogen-bond acceptors (Lipinski definition) is 7. The van der Waals surface area contributed by atoms with Crippen molar-refractivity contribution in [2.24, 2.45) is 0 Å². The Bertz CT molecular complexity index is 1100. The Hall–Kier alpha value is -3.43. The third kappa shape index (κ3) is 4.58. The number of likely N-dealkylation sites (tertiary alicyclic amines) is 1. The smallest absolute Gasteiger partial charge is 0.295 e. The van der Waals surface area contributed by atoms with E-state index in [1.54, 1.807) is 0 Å². The molecule has 0 saturated carbocycles. The Kier molecular flexibility index (Phi) is 6.81. The summed E-state index contributed by atoms with van der Waals surface area (Å²) in [5.41, 5.74) is -0.0320. The molecule has 168 valence electrons. The molecule has 1 fully saturated rings. The van der Waals surface area contributed by atoms with Crippen molar-refractivity contribution in [3.8, 4) is 5.75 Å². The van der Waals surface area contributed by atoms with Gasteiger partial charge in [0.15, 0.2) is 0 Å². The highest BCUT2D eigenvalue weighted by atomic mass is 35.5.